The van der Waals surface area contributed by atoms with Crippen molar-refractivity contribution in [3.05, 3.63) is 30.1 Å². The Balaban J connectivity index is 1.86. The van der Waals surface area contributed by atoms with Crippen molar-refractivity contribution in [1.82, 2.24) is 30.6 Å². The number of hydrogen-bond acceptors (Lipinski definition) is 7. The third kappa shape index (κ3) is 3.07. The van der Waals surface area contributed by atoms with Gasteiger partial charge in [-0.2, -0.15) is 5.10 Å². The van der Waals surface area contributed by atoms with Crippen LogP contribution in [0.2, 0.25) is 0 Å². The lowest BCUT2D eigenvalue weighted by Crippen LogP contribution is -2.24. The number of anilines is 1. The highest BCUT2D eigenvalue weighted by molar-refractivity contribution is 5.82. The molecule has 0 saturated carbocycles. The Morgan fingerprint density at radius 2 is 2.28 bits per heavy atom. The fourth-order valence-corrected chi connectivity index (χ4v) is 1.12. The molecule has 0 bridgehead atoms. The molecule has 2 aromatic heterocycles. The number of rotatable bonds is 4. The van der Waals surface area contributed by atoms with E-state index in [-0.39, 0.29) is 18.4 Å². The molecule has 0 aliphatic rings. The van der Waals surface area contributed by atoms with Gasteiger partial charge in [-0.25, -0.2) is 10.1 Å². The van der Waals surface area contributed by atoms with Crippen molar-refractivity contribution in [3.8, 4) is 0 Å². The second-order valence-corrected chi connectivity index (χ2v) is 3.27. The summed E-state index contributed by atoms with van der Waals surface area (Å²) in [5, 5.41) is 14.1. The molecular formula is C9H10N8O. The van der Waals surface area contributed by atoms with Crippen LogP contribution in [0.5, 0.6) is 0 Å². The van der Waals surface area contributed by atoms with Gasteiger partial charge in [0.2, 0.25) is 5.95 Å². The number of hydrogen-bond donors (Lipinski definition) is 2. The van der Waals surface area contributed by atoms with Crippen molar-refractivity contribution < 1.29 is 4.79 Å². The predicted molar refractivity (Wildman–Crippen MR) is 62.2 cm³/mol. The number of tetrazole rings is 1. The molecule has 0 atom stereocenters. The molecule has 0 aliphatic carbocycles. The Kier molecular flexibility index (Phi) is 3.54. The molecular weight excluding hydrogens is 236 g/mol. The monoisotopic (exact) mass is 246 g/mol. The maximum absolute atomic E-state index is 11.4. The number of aromatic nitrogens is 5. The number of nitrogen functional groups attached to an aromatic ring is 1. The van der Waals surface area contributed by atoms with Crippen LogP contribution in [0.1, 0.15) is 5.56 Å². The highest BCUT2D eigenvalue weighted by Crippen LogP contribution is 1.92. The number of carbonyl (C=O) groups excluding carboxylic acids is 1. The van der Waals surface area contributed by atoms with Crippen LogP contribution in [0, 0.1) is 0 Å². The summed E-state index contributed by atoms with van der Waals surface area (Å²) in [6.45, 7) is -0.0908. The fourth-order valence-electron chi connectivity index (χ4n) is 1.12. The summed E-state index contributed by atoms with van der Waals surface area (Å²) < 4.78 is 1.16. The van der Waals surface area contributed by atoms with E-state index in [1.807, 2.05) is 0 Å². The SMILES string of the molecule is Nc1nnnn1CC(=O)NN=Cc1ccncc1. The van der Waals surface area contributed by atoms with E-state index in [9.17, 15) is 4.79 Å². The third-order valence-corrected chi connectivity index (χ3v) is 1.96. The second-order valence-electron chi connectivity index (χ2n) is 3.27. The number of hydrazone groups is 1. The van der Waals surface area contributed by atoms with Crippen LogP contribution in [0.25, 0.3) is 0 Å². The minimum atomic E-state index is -0.376. The lowest BCUT2D eigenvalue weighted by atomic mass is 10.3. The Morgan fingerprint density at radius 1 is 1.50 bits per heavy atom. The summed E-state index contributed by atoms with van der Waals surface area (Å²) >= 11 is 0. The first-order valence-corrected chi connectivity index (χ1v) is 4.99. The minimum absolute atomic E-state index is 0.0725. The number of nitrogens with two attached hydrogens (primary N) is 1. The number of amides is 1. The van der Waals surface area contributed by atoms with Crippen molar-refractivity contribution in [2.24, 2.45) is 5.10 Å². The van der Waals surface area contributed by atoms with Crippen molar-refractivity contribution >= 4 is 18.1 Å². The zero-order valence-corrected chi connectivity index (χ0v) is 9.26. The molecule has 2 rings (SSSR count). The van der Waals surface area contributed by atoms with Gasteiger partial charge >= 0.3 is 0 Å². The van der Waals surface area contributed by atoms with Crippen molar-refractivity contribution in [2.75, 3.05) is 5.73 Å². The van der Waals surface area contributed by atoms with Crippen LogP contribution in [0.3, 0.4) is 0 Å². The Hall–Kier alpha value is -2.84. The van der Waals surface area contributed by atoms with E-state index in [2.05, 4.69) is 31.0 Å². The van der Waals surface area contributed by atoms with Gasteiger partial charge in [0.25, 0.3) is 5.91 Å². The Labute approximate surface area is 102 Å². The molecule has 0 aliphatic heterocycles. The molecule has 0 spiro atoms. The van der Waals surface area contributed by atoms with Gasteiger partial charge in [0.1, 0.15) is 6.54 Å². The molecule has 18 heavy (non-hydrogen) atoms. The van der Waals surface area contributed by atoms with Gasteiger partial charge in [0.15, 0.2) is 0 Å². The van der Waals surface area contributed by atoms with E-state index in [1.54, 1.807) is 24.5 Å². The van der Waals surface area contributed by atoms with Crippen LogP contribution in [0.4, 0.5) is 5.95 Å². The van der Waals surface area contributed by atoms with Gasteiger partial charge in [-0.05, 0) is 28.1 Å². The maximum atomic E-state index is 11.4. The first kappa shape index (κ1) is 11.6. The van der Waals surface area contributed by atoms with Crippen molar-refractivity contribution in [1.29, 1.82) is 0 Å². The van der Waals surface area contributed by atoms with Gasteiger partial charge in [0.05, 0.1) is 6.21 Å². The molecule has 0 saturated heterocycles. The summed E-state index contributed by atoms with van der Waals surface area (Å²) in [5.74, 6) is -0.303. The second kappa shape index (κ2) is 5.48. The summed E-state index contributed by atoms with van der Waals surface area (Å²) in [7, 11) is 0. The summed E-state index contributed by atoms with van der Waals surface area (Å²) in [4.78, 5) is 15.3. The molecule has 2 aromatic rings. The van der Waals surface area contributed by atoms with Gasteiger partial charge in [-0.1, -0.05) is 5.10 Å². The highest BCUT2D eigenvalue weighted by Gasteiger charge is 2.06. The molecule has 3 N–H and O–H groups in total. The standard InChI is InChI=1S/C9H10N8O/c10-9-14-15-16-17(9)6-8(18)13-12-5-7-1-3-11-4-2-7/h1-5H,6H2,(H,13,18)(H2,10,14,16). The van der Waals surface area contributed by atoms with Crippen LogP contribution >= 0.6 is 0 Å². The molecule has 1 amide bonds. The molecule has 9 heteroatoms. The van der Waals surface area contributed by atoms with Gasteiger partial charge < -0.3 is 5.73 Å². The lowest BCUT2D eigenvalue weighted by Gasteiger charge is -1.99. The van der Waals surface area contributed by atoms with E-state index in [0.29, 0.717) is 0 Å². The average Bonchev–Trinajstić information content (AvgIpc) is 2.76. The lowest BCUT2D eigenvalue weighted by molar-refractivity contribution is -0.121. The highest BCUT2D eigenvalue weighted by atomic mass is 16.2. The molecule has 2 heterocycles. The Bertz CT molecular complexity index is 549. The first-order valence-electron chi connectivity index (χ1n) is 4.99. The number of nitrogens with zero attached hydrogens (tertiary/aromatic N) is 6. The quantitative estimate of drug-likeness (QED) is 0.515. The van der Waals surface area contributed by atoms with Gasteiger partial charge in [-0.15, -0.1) is 0 Å². The van der Waals surface area contributed by atoms with E-state index in [4.69, 9.17) is 5.73 Å². The molecule has 92 valence electrons. The molecule has 0 fully saturated rings. The van der Waals surface area contributed by atoms with Gasteiger partial charge in [0, 0.05) is 12.4 Å². The number of pyridine rings is 1. The third-order valence-electron chi connectivity index (χ3n) is 1.96. The fraction of sp³-hybridized carbons (Fsp3) is 0.111. The number of carbonyl (C=O) groups is 1. The largest absolute Gasteiger partial charge is 0.367 e. The minimum Gasteiger partial charge on any atom is -0.367 e. The van der Waals surface area contributed by atoms with Crippen LogP contribution in [0.15, 0.2) is 29.6 Å². The molecule has 0 aromatic carbocycles. The van der Waals surface area contributed by atoms with E-state index in [1.165, 1.54) is 6.21 Å². The normalized spacial score (nSPS) is 10.7. The summed E-state index contributed by atoms with van der Waals surface area (Å²) in [6, 6.07) is 3.52. The van der Waals surface area contributed by atoms with Crippen LogP contribution in [-0.2, 0) is 11.3 Å². The van der Waals surface area contributed by atoms with E-state index in [0.717, 1.165) is 10.2 Å². The first-order chi connectivity index (χ1) is 8.75. The topological polar surface area (TPSA) is 124 Å². The van der Waals surface area contributed by atoms with E-state index >= 15 is 0 Å². The van der Waals surface area contributed by atoms with Crippen molar-refractivity contribution in [3.63, 3.8) is 0 Å². The molecule has 0 radical (unpaired) electrons. The van der Waals surface area contributed by atoms with Gasteiger partial charge in [-0.3, -0.25) is 9.78 Å². The zero-order valence-electron chi connectivity index (χ0n) is 9.26. The average molecular weight is 246 g/mol. The number of nitrogens with one attached hydrogen (secondary N) is 1. The van der Waals surface area contributed by atoms with Crippen LogP contribution < -0.4 is 11.2 Å². The zero-order chi connectivity index (χ0) is 12.8. The van der Waals surface area contributed by atoms with Crippen molar-refractivity contribution in [2.45, 2.75) is 6.54 Å². The maximum Gasteiger partial charge on any atom is 0.261 e. The van der Waals surface area contributed by atoms with E-state index < -0.39 is 0 Å². The molecule has 0 unspecified atom stereocenters. The Morgan fingerprint density at radius 3 is 2.94 bits per heavy atom. The summed E-state index contributed by atoms with van der Waals surface area (Å²) in [5.41, 5.74) is 8.57. The summed E-state index contributed by atoms with van der Waals surface area (Å²) in [6.07, 6.45) is 4.76. The molecule has 9 nitrogen and oxygen atoms in total. The predicted octanol–water partition coefficient (Wildman–Crippen LogP) is -1.20. The smallest absolute Gasteiger partial charge is 0.261 e. The van der Waals surface area contributed by atoms with Crippen LogP contribution in [-0.4, -0.2) is 37.3 Å².